The van der Waals surface area contributed by atoms with E-state index in [2.05, 4.69) is 15.3 Å². The number of amides is 2. The van der Waals surface area contributed by atoms with Crippen LogP contribution in [-0.2, 0) is 16.0 Å². The Kier molecular flexibility index (Phi) is 6.86. The average molecular weight is 438 g/mol. The standard InChI is InChI=1S/C22H26N6O4/c1-27(2)12-19(29)28(3)15-6-4-5-13(9-15)10-16(23)21(30)24-14-7-8-17-18(11-14)26-20(25-17)22(31)32/h4-9,11,16H,10,12,23H2,1-3H3,(H,24,30)(H,25,26)(H,31,32). The molecule has 5 N–H and O–H groups in total. The quantitative estimate of drug-likeness (QED) is 0.415. The first-order valence-corrected chi connectivity index (χ1v) is 9.94. The minimum atomic E-state index is -1.16. The highest BCUT2D eigenvalue weighted by Gasteiger charge is 2.17. The molecule has 0 spiro atoms. The summed E-state index contributed by atoms with van der Waals surface area (Å²) in [6.07, 6.45) is 0.283. The number of benzene rings is 2. The number of rotatable bonds is 8. The maximum atomic E-state index is 12.6. The lowest BCUT2D eigenvalue weighted by atomic mass is 10.0. The van der Waals surface area contributed by atoms with Crippen molar-refractivity contribution in [2.45, 2.75) is 12.5 Å². The van der Waals surface area contributed by atoms with Crippen LogP contribution in [0.5, 0.6) is 0 Å². The van der Waals surface area contributed by atoms with Gasteiger partial charge < -0.3 is 30.9 Å². The van der Waals surface area contributed by atoms with Gasteiger partial charge >= 0.3 is 5.97 Å². The Morgan fingerprint density at radius 1 is 1.16 bits per heavy atom. The molecule has 2 amide bonds. The number of imidazole rings is 1. The van der Waals surface area contributed by atoms with Crippen molar-refractivity contribution in [2.24, 2.45) is 5.73 Å². The van der Waals surface area contributed by atoms with Crippen LogP contribution >= 0.6 is 0 Å². The number of carboxylic acids is 1. The molecule has 0 bridgehead atoms. The number of nitrogens with one attached hydrogen (secondary N) is 2. The van der Waals surface area contributed by atoms with Gasteiger partial charge in [-0.25, -0.2) is 9.78 Å². The molecule has 1 atom stereocenters. The number of carboxylic acid groups (broad SMARTS) is 1. The summed E-state index contributed by atoms with van der Waals surface area (Å²) < 4.78 is 0. The summed E-state index contributed by atoms with van der Waals surface area (Å²) in [5.41, 5.74) is 9.10. The Balaban J connectivity index is 1.66. The van der Waals surface area contributed by atoms with Gasteiger partial charge in [0.2, 0.25) is 17.6 Å². The Labute approximate surface area is 185 Å². The zero-order valence-corrected chi connectivity index (χ0v) is 18.1. The number of nitrogens with two attached hydrogens (primary N) is 1. The second-order valence-corrected chi connectivity index (χ2v) is 7.78. The molecule has 0 aliphatic heterocycles. The number of carbonyl (C=O) groups is 3. The molecule has 1 aromatic heterocycles. The second-order valence-electron chi connectivity index (χ2n) is 7.78. The number of hydrogen-bond donors (Lipinski definition) is 4. The summed E-state index contributed by atoms with van der Waals surface area (Å²) in [5, 5.41) is 11.8. The number of H-pyrrole nitrogens is 1. The fourth-order valence-corrected chi connectivity index (χ4v) is 3.18. The van der Waals surface area contributed by atoms with Crippen LogP contribution in [-0.4, -0.2) is 71.5 Å². The van der Waals surface area contributed by atoms with Crippen LogP contribution in [0.25, 0.3) is 11.0 Å². The average Bonchev–Trinajstić information content (AvgIpc) is 3.16. The fourth-order valence-electron chi connectivity index (χ4n) is 3.18. The zero-order chi connectivity index (χ0) is 23.4. The number of aromatic amines is 1. The maximum Gasteiger partial charge on any atom is 0.371 e. The molecule has 1 unspecified atom stereocenters. The van der Waals surface area contributed by atoms with Crippen molar-refractivity contribution >= 4 is 40.2 Å². The van der Waals surface area contributed by atoms with Gasteiger partial charge in [0.15, 0.2) is 0 Å². The topological polar surface area (TPSA) is 145 Å². The van der Waals surface area contributed by atoms with Crippen molar-refractivity contribution in [1.29, 1.82) is 0 Å². The van der Waals surface area contributed by atoms with Gasteiger partial charge in [-0.2, -0.15) is 0 Å². The van der Waals surface area contributed by atoms with Gasteiger partial charge in [0.05, 0.1) is 23.6 Å². The number of aromatic carboxylic acids is 1. The van der Waals surface area contributed by atoms with Crippen LogP contribution < -0.4 is 16.0 Å². The zero-order valence-electron chi connectivity index (χ0n) is 18.1. The number of fused-ring (bicyclic) bond motifs is 1. The smallest absolute Gasteiger partial charge is 0.371 e. The molecule has 3 rings (SSSR count). The van der Waals surface area contributed by atoms with Gasteiger partial charge in [0, 0.05) is 18.4 Å². The van der Waals surface area contributed by atoms with E-state index in [1.807, 2.05) is 38.4 Å². The van der Waals surface area contributed by atoms with Gasteiger partial charge in [0.25, 0.3) is 0 Å². The van der Waals surface area contributed by atoms with E-state index in [4.69, 9.17) is 10.8 Å². The number of anilines is 2. The first-order valence-electron chi connectivity index (χ1n) is 9.94. The molecule has 10 heteroatoms. The molecule has 0 fully saturated rings. The number of hydrogen-bond acceptors (Lipinski definition) is 6. The fraction of sp³-hybridized carbons (Fsp3) is 0.273. The molecule has 0 aliphatic rings. The van der Waals surface area contributed by atoms with Crippen molar-refractivity contribution in [3.63, 3.8) is 0 Å². The summed E-state index contributed by atoms with van der Waals surface area (Å²) in [7, 11) is 5.36. The predicted octanol–water partition coefficient (Wildman–Crippen LogP) is 1.29. The summed E-state index contributed by atoms with van der Waals surface area (Å²) in [4.78, 5) is 45.9. The minimum Gasteiger partial charge on any atom is -0.475 e. The number of carbonyl (C=O) groups excluding carboxylic acids is 2. The van der Waals surface area contributed by atoms with Gasteiger partial charge in [-0.15, -0.1) is 0 Å². The molecule has 0 saturated carbocycles. The van der Waals surface area contributed by atoms with Crippen molar-refractivity contribution in [1.82, 2.24) is 14.9 Å². The molecule has 10 nitrogen and oxygen atoms in total. The summed E-state index contributed by atoms with van der Waals surface area (Å²) >= 11 is 0. The van der Waals surface area contributed by atoms with Gasteiger partial charge in [0.1, 0.15) is 0 Å². The lowest BCUT2D eigenvalue weighted by Gasteiger charge is -2.21. The maximum absolute atomic E-state index is 12.6. The lowest BCUT2D eigenvalue weighted by molar-refractivity contribution is -0.119. The highest BCUT2D eigenvalue weighted by atomic mass is 16.4. The highest BCUT2D eigenvalue weighted by Crippen LogP contribution is 2.19. The number of aromatic nitrogens is 2. The van der Waals surface area contributed by atoms with E-state index in [-0.39, 0.29) is 30.6 Å². The molecular weight excluding hydrogens is 412 g/mol. The third kappa shape index (κ3) is 5.48. The van der Waals surface area contributed by atoms with Crippen LogP contribution in [0.4, 0.5) is 11.4 Å². The monoisotopic (exact) mass is 438 g/mol. The van der Waals surface area contributed by atoms with E-state index >= 15 is 0 Å². The Bertz CT molecular complexity index is 1160. The van der Waals surface area contributed by atoms with Gasteiger partial charge in [-0.3, -0.25) is 9.59 Å². The van der Waals surface area contributed by atoms with E-state index in [9.17, 15) is 14.4 Å². The molecule has 32 heavy (non-hydrogen) atoms. The van der Waals surface area contributed by atoms with Crippen LogP contribution in [0.3, 0.4) is 0 Å². The van der Waals surface area contributed by atoms with E-state index in [1.54, 1.807) is 35.0 Å². The molecule has 3 aromatic rings. The van der Waals surface area contributed by atoms with Gasteiger partial charge in [-0.1, -0.05) is 12.1 Å². The lowest BCUT2D eigenvalue weighted by Crippen LogP contribution is -2.37. The number of nitrogens with zero attached hydrogens (tertiary/aromatic N) is 3. The molecule has 2 aromatic carbocycles. The largest absolute Gasteiger partial charge is 0.475 e. The SMILES string of the molecule is CN(C)CC(=O)N(C)c1cccc(CC(N)C(=O)Nc2ccc3nc(C(=O)O)[nH]c3c2)c1. The van der Waals surface area contributed by atoms with Gasteiger partial charge in [-0.05, 0) is 56.4 Å². The third-order valence-electron chi connectivity index (χ3n) is 4.87. The molecule has 1 heterocycles. The summed E-state index contributed by atoms with van der Waals surface area (Å²) in [6, 6.07) is 11.4. The molecule has 0 radical (unpaired) electrons. The molecule has 168 valence electrons. The van der Waals surface area contributed by atoms with Crippen molar-refractivity contribution in [3.8, 4) is 0 Å². The normalized spacial score (nSPS) is 12.0. The summed E-state index contributed by atoms with van der Waals surface area (Å²) in [6.45, 7) is 0.289. The van der Waals surface area contributed by atoms with Crippen molar-refractivity contribution in [3.05, 3.63) is 53.9 Å². The van der Waals surface area contributed by atoms with E-state index in [0.29, 0.717) is 16.7 Å². The molecule has 0 saturated heterocycles. The minimum absolute atomic E-state index is 0.0468. The second kappa shape index (κ2) is 9.58. The Morgan fingerprint density at radius 2 is 1.91 bits per heavy atom. The molecule has 0 aliphatic carbocycles. The van der Waals surface area contributed by atoms with Crippen molar-refractivity contribution in [2.75, 3.05) is 37.9 Å². The van der Waals surface area contributed by atoms with Crippen LogP contribution in [0.2, 0.25) is 0 Å². The van der Waals surface area contributed by atoms with Crippen LogP contribution in [0.15, 0.2) is 42.5 Å². The predicted molar refractivity (Wildman–Crippen MR) is 122 cm³/mol. The van der Waals surface area contributed by atoms with E-state index in [1.165, 1.54) is 0 Å². The van der Waals surface area contributed by atoms with E-state index in [0.717, 1.165) is 11.3 Å². The molecular formula is C22H26N6O4. The first-order chi connectivity index (χ1) is 15.1. The highest BCUT2D eigenvalue weighted by molar-refractivity contribution is 5.97. The third-order valence-corrected chi connectivity index (χ3v) is 4.87. The summed E-state index contributed by atoms with van der Waals surface area (Å²) in [5.74, 6) is -1.77. The number of likely N-dealkylation sites (N-methyl/N-ethyl adjacent to an activating group) is 2. The van der Waals surface area contributed by atoms with Crippen LogP contribution in [0.1, 0.15) is 16.2 Å². The Morgan fingerprint density at radius 3 is 2.59 bits per heavy atom. The van der Waals surface area contributed by atoms with Crippen LogP contribution in [0, 0.1) is 0 Å². The van der Waals surface area contributed by atoms with E-state index < -0.39 is 12.0 Å². The Hall–Kier alpha value is -3.76. The first kappa shape index (κ1) is 22.9. The van der Waals surface area contributed by atoms with Crippen molar-refractivity contribution < 1.29 is 19.5 Å².